The Kier molecular flexibility index (Phi) is 6.09. The number of pyridine rings is 1. The minimum Gasteiger partial charge on any atom is -0.349 e. The number of nitrogens with zero attached hydrogens (tertiary/aromatic N) is 2. The van der Waals surface area contributed by atoms with Crippen LogP contribution in [0.25, 0.3) is 11.8 Å². The molecule has 0 fully saturated rings. The summed E-state index contributed by atoms with van der Waals surface area (Å²) in [6.07, 6.45) is 3.33. The standard InChI is InChI=1S/C19H23N3O2/c1-15-7-9-16(10-8-15)14-17(19(24)20-11-13-21(2)3)22-12-5-4-6-18(22)23/h4-10,12,14H,11,13H2,1-3H3,(H,20,24)/b17-14+. The van der Waals surface area contributed by atoms with Crippen LogP contribution in [0.5, 0.6) is 0 Å². The minimum absolute atomic E-state index is 0.237. The highest BCUT2D eigenvalue weighted by atomic mass is 16.2. The molecule has 5 heteroatoms. The largest absolute Gasteiger partial charge is 0.349 e. The summed E-state index contributed by atoms with van der Waals surface area (Å²) in [5, 5.41) is 2.86. The van der Waals surface area contributed by atoms with E-state index in [1.165, 1.54) is 10.6 Å². The average Bonchev–Trinajstić information content (AvgIpc) is 2.55. The second-order valence-electron chi connectivity index (χ2n) is 5.91. The van der Waals surface area contributed by atoms with Crippen molar-refractivity contribution < 1.29 is 4.79 Å². The summed E-state index contributed by atoms with van der Waals surface area (Å²) < 4.78 is 1.37. The molecular weight excluding hydrogens is 302 g/mol. The Labute approximate surface area is 142 Å². The Morgan fingerprint density at radius 1 is 1.17 bits per heavy atom. The second-order valence-corrected chi connectivity index (χ2v) is 5.91. The Bertz CT molecular complexity index is 774. The van der Waals surface area contributed by atoms with Gasteiger partial charge in [-0.25, -0.2) is 0 Å². The van der Waals surface area contributed by atoms with E-state index in [1.807, 2.05) is 50.2 Å². The summed E-state index contributed by atoms with van der Waals surface area (Å²) >= 11 is 0. The van der Waals surface area contributed by atoms with Crippen LogP contribution >= 0.6 is 0 Å². The molecule has 1 amide bonds. The lowest BCUT2D eigenvalue weighted by molar-refractivity contribution is -0.115. The number of likely N-dealkylation sites (N-methyl/N-ethyl adjacent to an activating group) is 1. The fourth-order valence-corrected chi connectivity index (χ4v) is 2.18. The molecule has 0 aliphatic heterocycles. The van der Waals surface area contributed by atoms with E-state index in [1.54, 1.807) is 24.4 Å². The molecule has 0 atom stereocenters. The highest BCUT2D eigenvalue weighted by Gasteiger charge is 2.12. The van der Waals surface area contributed by atoms with Crippen LogP contribution in [-0.4, -0.2) is 42.6 Å². The highest BCUT2D eigenvalue weighted by molar-refractivity contribution is 6.18. The van der Waals surface area contributed by atoms with E-state index in [4.69, 9.17) is 0 Å². The van der Waals surface area contributed by atoms with Crippen LogP contribution in [0.4, 0.5) is 0 Å². The first-order valence-corrected chi connectivity index (χ1v) is 7.87. The van der Waals surface area contributed by atoms with Crippen molar-refractivity contribution in [2.75, 3.05) is 27.2 Å². The lowest BCUT2D eigenvalue weighted by Crippen LogP contribution is -2.34. The van der Waals surface area contributed by atoms with Gasteiger partial charge in [0.1, 0.15) is 5.70 Å². The highest BCUT2D eigenvalue weighted by Crippen LogP contribution is 2.11. The zero-order chi connectivity index (χ0) is 17.5. The van der Waals surface area contributed by atoms with E-state index >= 15 is 0 Å². The van der Waals surface area contributed by atoms with Crippen molar-refractivity contribution in [1.82, 2.24) is 14.8 Å². The lowest BCUT2D eigenvalue weighted by atomic mass is 10.1. The second kappa shape index (κ2) is 8.26. The molecule has 0 spiro atoms. The predicted molar refractivity (Wildman–Crippen MR) is 97.6 cm³/mol. The van der Waals surface area contributed by atoms with Gasteiger partial charge in [0.2, 0.25) is 0 Å². The molecule has 0 unspecified atom stereocenters. The molecule has 24 heavy (non-hydrogen) atoms. The van der Waals surface area contributed by atoms with Crippen molar-refractivity contribution in [3.8, 4) is 0 Å². The number of rotatable bonds is 6. The molecule has 0 saturated carbocycles. The van der Waals surface area contributed by atoms with Gasteiger partial charge in [0.05, 0.1) is 0 Å². The van der Waals surface area contributed by atoms with E-state index in [0.717, 1.165) is 17.7 Å². The van der Waals surface area contributed by atoms with Crippen LogP contribution in [0.2, 0.25) is 0 Å². The molecule has 0 bridgehead atoms. The minimum atomic E-state index is -0.272. The maximum atomic E-state index is 12.6. The Balaban J connectivity index is 2.35. The first-order chi connectivity index (χ1) is 11.5. The first kappa shape index (κ1) is 17.7. The van der Waals surface area contributed by atoms with E-state index in [9.17, 15) is 9.59 Å². The number of benzene rings is 1. The van der Waals surface area contributed by atoms with Gasteiger partial charge in [-0.05, 0) is 38.7 Å². The number of hydrogen-bond donors (Lipinski definition) is 1. The molecule has 0 aliphatic carbocycles. The number of hydrogen-bond acceptors (Lipinski definition) is 3. The maximum absolute atomic E-state index is 12.6. The van der Waals surface area contributed by atoms with Crippen molar-refractivity contribution in [1.29, 1.82) is 0 Å². The van der Waals surface area contributed by atoms with Crippen LogP contribution < -0.4 is 10.9 Å². The van der Waals surface area contributed by atoms with Gasteiger partial charge in [0.15, 0.2) is 0 Å². The molecule has 1 N–H and O–H groups in total. The molecule has 1 aromatic carbocycles. The molecule has 0 radical (unpaired) electrons. The number of aromatic nitrogens is 1. The van der Waals surface area contributed by atoms with Crippen LogP contribution in [0.1, 0.15) is 11.1 Å². The van der Waals surface area contributed by atoms with Gasteiger partial charge in [-0.2, -0.15) is 0 Å². The van der Waals surface area contributed by atoms with Crippen LogP contribution in [-0.2, 0) is 4.79 Å². The predicted octanol–water partition coefficient (Wildman–Crippen LogP) is 1.83. The topological polar surface area (TPSA) is 54.3 Å². The van der Waals surface area contributed by atoms with Gasteiger partial charge in [0.25, 0.3) is 11.5 Å². The molecule has 0 saturated heterocycles. The summed E-state index contributed by atoms with van der Waals surface area (Å²) in [4.78, 5) is 26.7. The SMILES string of the molecule is Cc1ccc(/C=C(\C(=O)NCCN(C)C)n2ccccc2=O)cc1. The monoisotopic (exact) mass is 325 g/mol. The maximum Gasteiger partial charge on any atom is 0.268 e. The van der Waals surface area contributed by atoms with E-state index in [0.29, 0.717) is 12.2 Å². The first-order valence-electron chi connectivity index (χ1n) is 7.87. The van der Waals surface area contributed by atoms with Crippen molar-refractivity contribution in [2.24, 2.45) is 0 Å². The van der Waals surface area contributed by atoms with Crippen molar-refractivity contribution in [3.63, 3.8) is 0 Å². The Hall–Kier alpha value is -2.66. The molecule has 126 valence electrons. The van der Waals surface area contributed by atoms with E-state index in [-0.39, 0.29) is 11.5 Å². The number of nitrogens with one attached hydrogen (secondary N) is 1. The van der Waals surface area contributed by atoms with Gasteiger partial charge in [0, 0.05) is 25.4 Å². The van der Waals surface area contributed by atoms with Crippen molar-refractivity contribution in [2.45, 2.75) is 6.92 Å². The Morgan fingerprint density at radius 3 is 2.50 bits per heavy atom. The smallest absolute Gasteiger partial charge is 0.268 e. The summed E-state index contributed by atoms with van der Waals surface area (Å²) in [6, 6.07) is 12.6. The third-order valence-electron chi connectivity index (χ3n) is 3.54. The quantitative estimate of drug-likeness (QED) is 0.825. The van der Waals surface area contributed by atoms with Gasteiger partial charge >= 0.3 is 0 Å². The summed E-state index contributed by atoms with van der Waals surface area (Å²) in [5.74, 6) is -0.272. The third-order valence-corrected chi connectivity index (χ3v) is 3.54. The summed E-state index contributed by atoms with van der Waals surface area (Å²) in [5.41, 5.74) is 2.08. The molecule has 2 aromatic rings. The number of carbonyl (C=O) groups is 1. The molecule has 5 nitrogen and oxygen atoms in total. The average molecular weight is 325 g/mol. The van der Waals surface area contributed by atoms with Gasteiger partial charge in [-0.1, -0.05) is 35.9 Å². The van der Waals surface area contributed by atoms with Crippen LogP contribution in [0.3, 0.4) is 0 Å². The molecule has 1 aromatic heterocycles. The molecule has 1 heterocycles. The summed E-state index contributed by atoms with van der Waals surface area (Å²) in [7, 11) is 3.88. The van der Waals surface area contributed by atoms with E-state index < -0.39 is 0 Å². The number of amides is 1. The molecular formula is C19H23N3O2. The zero-order valence-corrected chi connectivity index (χ0v) is 14.3. The van der Waals surface area contributed by atoms with Gasteiger partial charge < -0.3 is 10.2 Å². The number of aryl methyl sites for hydroxylation is 1. The fourth-order valence-electron chi connectivity index (χ4n) is 2.18. The van der Waals surface area contributed by atoms with Gasteiger partial charge in [-0.15, -0.1) is 0 Å². The van der Waals surface area contributed by atoms with Crippen LogP contribution in [0, 0.1) is 6.92 Å². The zero-order valence-electron chi connectivity index (χ0n) is 14.3. The lowest BCUT2D eigenvalue weighted by Gasteiger charge is -2.13. The summed E-state index contributed by atoms with van der Waals surface area (Å²) in [6.45, 7) is 3.25. The fraction of sp³-hybridized carbons (Fsp3) is 0.263. The molecule has 0 aliphatic rings. The normalized spacial score (nSPS) is 11.6. The van der Waals surface area contributed by atoms with E-state index in [2.05, 4.69) is 5.32 Å². The van der Waals surface area contributed by atoms with Crippen molar-refractivity contribution in [3.05, 3.63) is 70.1 Å². The van der Waals surface area contributed by atoms with Gasteiger partial charge in [-0.3, -0.25) is 14.2 Å². The van der Waals surface area contributed by atoms with Crippen molar-refractivity contribution >= 4 is 17.7 Å². The third kappa shape index (κ3) is 4.93. The molecule has 2 rings (SSSR count). The Morgan fingerprint density at radius 2 is 1.88 bits per heavy atom. The van der Waals surface area contributed by atoms with Crippen LogP contribution in [0.15, 0.2) is 53.5 Å². The number of carbonyl (C=O) groups excluding carboxylic acids is 1.